The minimum atomic E-state index is -1.36. The molecule has 0 aliphatic carbocycles. The van der Waals surface area contributed by atoms with E-state index in [9.17, 15) is 22.4 Å². The van der Waals surface area contributed by atoms with E-state index in [4.69, 9.17) is 9.47 Å². The van der Waals surface area contributed by atoms with Crippen molar-refractivity contribution in [3.05, 3.63) is 113 Å². The Bertz CT molecular complexity index is 1460. The van der Waals surface area contributed by atoms with Crippen LogP contribution in [0.4, 0.5) is 17.6 Å². The fraction of sp³-hybridized carbons (Fsp3) is 0.100. The van der Waals surface area contributed by atoms with Gasteiger partial charge in [0.05, 0.1) is 12.2 Å². The molecule has 0 saturated heterocycles. The first-order valence-electron chi connectivity index (χ1n) is 11.5. The van der Waals surface area contributed by atoms with E-state index in [0.29, 0.717) is 11.1 Å². The van der Waals surface area contributed by atoms with E-state index in [-0.39, 0.29) is 29.0 Å². The second-order valence-corrected chi connectivity index (χ2v) is 8.00. The molecule has 0 aromatic heterocycles. The number of hydrogen-bond donors (Lipinski definition) is 0. The van der Waals surface area contributed by atoms with Crippen molar-refractivity contribution in [2.75, 3.05) is 6.61 Å². The van der Waals surface area contributed by atoms with E-state index in [1.807, 2.05) is 31.2 Å². The Hall–Kier alpha value is -4.39. The van der Waals surface area contributed by atoms with E-state index < -0.39 is 35.0 Å². The molecule has 0 bridgehead atoms. The van der Waals surface area contributed by atoms with Crippen LogP contribution in [0, 0.1) is 23.3 Å². The summed E-state index contributed by atoms with van der Waals surface area (Å²) in [6.45, 7) is 3.65. The van der Waals surface area contributed by atoms with Gasteiger partial charge in [0.25, 0.3) is 0 Å². The third kappa shape index (κ3) is 5.40. The van der Waals surface area contributed by atoms with Gasteiger partial charge >= 0.3 is 5.97 Å². The highest BCUT2D eigenvalue weighted by Gasteiger charge is 2.20. The molecule has 0 saturated carbocycles. The van der Waals surface area contributed by atoms with Crippen molar-refractivity contribution in [2.45, 2.75) is 13.8 Å². The van der Waals surface area contributed by atoms with Gasteiger partial charge in [-0.2, -0.15) is 8.78 Å². The molecule has 0 aliphatic heterocycles. The number of ether oxygens (including phenoxy) is 2. The third-order valence-electron chi connectivity index (χ3n) is 5.61. The summed E-state index contributed by atoms with van der Waals surface area (Å²) in [4.78, 5) is 12.4. The summed E-state index contributed by atoms with van der Waals surface area (Å²) in [7, 11) is 0. The Morgan fingerprint density at radius 3 is 1.76 bits per heavy atom. The lowest BCUT2D eigenvalue weighted by molar-refractivity contribution is 0.0726. The van der Waals surface area contributed by atoms with Gasteiger partial charge in [-0.15, -0.1) is 0 Å². The molecule has 4 aromatic rings. The largest absolute Gasteiger partial charge is 0.491 e. The predicted octanol–water partition coefficient (Wildman–Crippen LogP) is 8.23. The molecule has 0 fully saturated rings. The molecule has 0 spiro atoms. The molecule has 188 valence electrons. The Kier molecular flexibility index (Phi) is 7.72. The van der Waals surface area contributed by atoms with Crippen LogP contribution in [0.2, 0.25) is 0 Å². The fourth-order valence-corrected chi connectivity index (χ4v) is 3.77. The van der Waals surface area contributed by atoms with Crippen LogP contribution in [-0.4, -0.2) is 12.6 Å². The van der Waals surface area contributed by atoms with E-state index in [2.05, 4.69) is 0 Å². The monoisotopic (exact) mass is 506 g/mol. The van der Waals surface area contributed by atoms with E-state index in [0.717, 1.165) is 17.7 Å². The number of allylic oxidation sites excluding steroid dienone is 1. The maximum absolute atomic E-state index is 15.0. The van der Waals surface area contributed by atoms with E-state index in [1.54, 1.807) is 19.1 Å². The number of hydrogen-bond acceptors (Lipinski definition) is 3. The topological polar surface area (TPSA) is 35.5 Å². The highest BCUT2D eigenvalue weighted by Crippen LogP contribution is 2.32. The maximum atomic E-state index is 15.0. The fourth-order valence-electron chi connectivity index (χ4n) is 3.77. The van der Waals surface area contributed by atoms with E-state index in [1.165, 1.54) is 36.4 Å². The van der Waals surface area contributed by atoms with Gasteiger partial charge in [-0.3, -0.25) is 0 Å². The van der Waals surface area contributed by atoms with Crippen LogP contribution < -0.4 is 9.47 Å². The molecule has 4 aromatic carbocycles. The lowest BCUT2D eigenvalue weighted by Crippen LogP contribution is -2.10. The summed E-state index contributed by atoms with van der Waals surface area (Å²) in [6.07, 6.45) is 3.78. The number of rotatable bonds is 7. The Labute approximate surface area is 211 Å². The molecule has 0 atom stereocenters. The number of carbonyl (C=O) groups is 1. The number of benzene rings is 4. The molecule has 0 radical (unpaired) electrons. The Morgan fingerprint density at radius 1 is 0.703 bits per heavy atom. The van der Waals surface area contributed by atoms with Crippen molar-refractivity contribution < 1.29 is 31.8 Å². The van der Waals surface area contributed by atoms with Gasteiger partial charge < -0.3 is 9.47 Å². The van der Waals surface area contributed by atoms with Crippen molar-refractivity contribution in [2.24, 2.45) is 0 Å². The van der Waals surface area contributed by atoms with Gasteiger partial charge in [-0.1, -0.05) is 60.7 Å². The molecule has 0 amide bonds. The lowest BCUT2D eigenvalue weighted by atomic mass is 9.97. The van der Waals surface area contributed by atoms with Crippen molar-refractivity contribution in [3.8, 4) is 33.8 Å². The number of halogens is 4. The summed E-state index contributed by atoms with van der Waals surface area (Å²) < 4.78 is 68.1. The SMILES string of the molecule is CC=Cc1ccc(-c2ccc(-c3ccc(C(=O)Oc4ccc(OCC)c(F)c4F)cc3)c(F)c2F)cc1. The molecular weight excluding hydrogens is 484 g/mol. The first-order chi connectivity index (χ1) is 17.8. The Morgan fingerprint density at radius 2 is 1.22 bits per heavy atom. The van der Waals surface area contributed by atoms with Crippen molar-refractivity contribution in [1.82, 2.24) is 0 Å². The van der Waals surface area contributed by atoms with Crippen LogP contribution in [0.3, 0.4) is 0 Å². The zero-order valence-electron chi connectivity index (χ0n) is 20.0. The van der Waals surface area contributed by atoms with Crippen molar-refractivity contribution >= 4 is 12.0 Å². The average molecular weight is 506 g/mol. The second-order valence-electron chi connectivity index (χ2n) is 8.00. The first kappa shape index (κ1) is 25.7. The minimum Gasteiger partial charge on any atom is -0.491 e. The molecule has 0 aliphatic rings. The number of esters is 1. The molecule has 3 nitrogen and oxygen atoms in total. The standard InChI is InChI=1S/C30H22F4O3/c1-3-5-18-6-8-19(9-7-18)22-14-15-23(27(32)26(22)31)20-10-12-21(13-11-20)30(35)37-25-17-16-24(36-4-2)28(33)29(25)34/h3,5-17H,4H2,1-2H3. The van der Waals surface area contributed by atoms with Gasteiger partial charge in [-0.05, 0) is 54.8 Å². The highest BCUT2D eigenvalue weighted by molar-refractivity contribution is 5.91. The molecule has 7 heteroatoms. The summed E-state index contributed by atoms with van der Waals surface area (Å²) >= 11 is 0. The quantitative estimate of drug-likeness (QED) is 0.144. The summed E-state index contributed by atoms with van der Waals surface area (Å²) in [6, 6.07) is 17.7. The smallest absolute Gasteiger partial charge is 0.343 e. The van der Waals surface area contributed by atoms with Gasteiger partial charge in [0.15, 0.2) is 23.1 Å². The zero-order valence-corrected chi connectivity index (χ0v) is 20.0. The van der Waals surface area contributed by atoms with Gasteiger partial charge in [-0.25, -0.2) is 13.6 Å². The number of carbonyl (C=O) groups excluding carboxylic acids is 1. The normalized spacial score (nSPS) is 11.1. The Balaban J connectivity index is 1.54. The summed E-state index contributed by atoms with van der Waals surface area (Å²) in [5, 5.41) is 0. The minimum absolute atomic E-state index is 0.00586. The van der Waals surface area contributed by atoms with Crippen LogP contribution >= 0.6 is 0 Å². The van der Waals surface area contributed by atoms with Crippen LogP contribution in [0.25, 0.3) is 28.3 Å². The molecule has 0 heterocycles. The molecular formula is C30H22F4O3. The first-order valence-corrected chi connectivity index (χ1v) is 11.5. The summed E-state index contributed by atoms with van der Waals surface area (Å²) in [5.74, 6) is -6.49. The molecule has 0 unspecified atom stereocenters. The van der Waals surface area contributed by atoms with Gasteiger partial charge in [0.2, 0.25) is 11.6 Å². The van der Waals surface area contributed by atoms with Crippen LogP contribution in [-0.2, 0) is 0 Å². The maximum Gasteiger partial charge on any atom is 0.343 e. The van der Waals surface area contributed by atoms with Crippen LogP contribution in [0.1, 0.15) is 29.8 Å². The van der Waals surface area contributed by atoms with Crippen molar-refractivity contribution in [1.29, 1.82) is 0 Å². The average Bonchev–Trinajstić information content (AvgIpc) is 2.91. The van der Waals surface area contributed by atoms with Crippen molar-refractivity contribution in [3.63, 3.8) is 0 Å². The molecule has 37 heavy (non-hydrogen) atoms. The zero-order chi connectivity index (χ0) is 26.5. The molecule has 4 rings (SSSR count). The van der Waals surface area contributed by atoms with Gasteiger partial charge in [0, 0.05) is 11.1 Å². The van der Waals surface area contributed by atoms with Gasteiger partial charge in [0.1, 0.15) is 0 Å². The second kappa shape index (κ2) is 11.1. The molecule has 0 N–H and O–H groups in total. The third-order valence-corrected chi connectivity index (χ3v) is 5.61. The van der Waals surface area contributed by atoms with Crippen LogP contribution in [0.5, 0.6) is 11.5 Å². The van der Waals surface area contributed by atoms with E-state index >= 15 is 0 Å². The highest BCUT2D eigenvalue weighted by atomic mass is 19.2. The lowest BCUT2D eigenvalue weighted by Gasteiger charge is -2.11. The van der Waals surface area contributed by atoms with Crippen LogP contribution in [0.15, 0.2) is 78.9 Å². The summed E-state index contributed by atoms with van der Waals surface area (Å²) in [5.41, 5.74) is 1.94. The predicted molar refractivity (Wildman–Crippen MR) is 134 cm³/mol.